The van der Waals surface area contributed by atoms with Gasteiger partial charge in [-0.3, -0.25) is 0 Å². The summed E-state index contributed by atoms with van der Waals surface area (Å²) in [4.78, 5) is 0. The minimum absolute atomic E-state index is 0.258. The van der Waals surface area contributed by atoms with E-state index in [1.807, 2.05) is 18.2 Å². The minimum Gasteiger partial charge on any atom is -0.423 e. The van der Waals surface area contributed by atoms with E-state index in [0.29, 0.717) is 24.4 Å². The lowest BCUT2D eigenvalue weighted by Gasteiger charge is -2.20. The Kier molecular flexibility index (Phi) is 3.11. The fourth-order valence-electron chi connectivity index (χ4n) is 2.08. The van der Waals surface area contributed by atoms with Gasteiger partial charge in [0.25, 0.3) is 0 Å². The number of nitrogens with one attached hydrogen (secondary N) is 1. The van der Waals surface area contributed by atoms with Gasteiger partial charge in [-0.1, -0.05) is 30.3 Å². The molecule has 0 unspecified atom stereocenters. The lowest BCUT2D eigenvalue weighted by Crippen LogP contribution is -2.19. The lowest BCUT2D eigenvalue weighted by molar-refractivity contribution is 0.379. The molecule has 0 spiro atoms. The van der Waals surface area contributed by atoms with Crippen LogP contribution in [0, 0.1) is 0 Å². The highest BCUT2D eigenvalue weighted by Crippen LogP contribution is 2.30. The van der Waals surface area contributed by atoms with Crippen molar-refractivity contribution in [3.05, 3.63) is 47.7 Å². The van der Waals surface area contributed by atoms with Gasteiger partial charge in [0, 0.05) is 6.04 Å². The van der Waals surface area contributed by atoms with Gasteiger partial charge < -0.3 is 9.73 Å². The first kappa shape index (κ1) is 12.4. The summed E-state index contributed by atoms with van der Waals surface area (Å²) in [7, 11) is 0. The molecule has 0 saturated heterocycles. The van der Waals surface area contributed by atoms with Gasteiger partial charge in [-0.25, -0.2) is 0 Å². The van der Waals surface area contributed by atoms with Gasteiger partial charge in [0.1, 0.15) is 0 Å². The van der Waals surface area contributed by atoms with Crippen LogP contribution in [0.5, 0.6) is 0 Å². The van der Waals surface area contributed by atoms with E-state index in [0.717, 1.165) is 0 Å². The van der Waals surface area contributed by atoms with E-state index in [2.05, 4.69) is 41.5 Å². The zero-order valence-electron chi connectivity index (χ0n) is 11.4. The second-order valence-corrected chi connectivity index (χ2v) is 5.65. The summed E-state index contributed by atoms with van der Waals surface area (Å²) in [6.45, 7) is 4.88. The van der Waals surface area contributed by atoms with Crippen LogP contribution in [0.4, 0.5) is 0 Å². The van der Waals surface area contributed by atoms with Crippen molar-refractivity contribution in [2.24, 2.45) is 0 Å². The molecular formula is C15H19N3O. The Labute approximate surface area is 113 Å². The van der Waals surface area contributed by atoms with Crippen LogP contribution in [-0.4, -0.2) is 16.2 Å². The van der Waals surface area contributed by atoms with E-state index in [1.54, 1.807) is 0 Å². The number of rotatable bonds is 5. The van der Waals surface area contributed by atoms with E-state index in [1.165, 1.54) is 18.4 Å². The molecule has 1 fully saturated rings. The lowest BCUT2D eigenvalue weighted by atomic mass is 9.85. The topological polar surface area (TPSA) is 51.0 Å². The molecule has 1 heterocycles. The van der Waals surface area contributed by atoms with Crippen molar-refractivity contribution in [2.45, 2.75) is 44.7 Å². The SMILES string of the molecule is CC(C)(c1ccccc1)c1nnc(CNC2CC2)o1. The van der Waals surface area contributed by atoms with Gasteiger partial charge >= 0.3 is 0 Å². The third-order valence-corrected chi connectivity index (χ3v) is 3.62. The maximum atomic E-state index is 5.80. The first-order valence-electron chi connectivity index (χ1n) is 6.78. The molecule has 0 bridgehead atoms. The number of hydrogen-bond acceptors (Lipinski definition) is 4. The summed E-state index contributed by atoms with van der Waals surface area (Å²) in [6, 6.07) is 10.9. The molecule has 1 N–H and O–H groups in total. The third kappa shape index (κ3) is 2.68. The van der Waals surface area contributed by atoms with Crippen LogP contribution < -0.4 is 5.32 Å². The molecule has 1 aromatic heterocycles. The predicted octanol–water partition coefficient (Wildman–Crippen LogP) is 2.65. The molecular weight excluding hydrogens is 238 g/mol. The fraction of sp³-hybridized carbons (Fsp3) is 0.467. The van der Waals surface area contributed by atoms with E-state index in [4.69, 9.17) is 4.42 Å². The quantitative estimate of drug-likeness (QED) is 0.894. The fourth-order valence-corrected chi connectivity index (χ4v) is 2.08. The smallest absolute Gasteiger partial charge is 0.230 e. The van der Waals surface area contributed by atoms with Crippen LogP contribution >= 0.6 is 0 Å². The molecule has 0 aliphatic heterocycles. The molecule has 0 atom stereocenters. The Balaban J connectivity index is 1.76. The number of aromatic nitrogens is 2. The highest BCUT2D eigenvalue weighted by atomic mass is 16.4. The summed E-state index contributed by atoms with van der Waals surface area (Å²) >= 11 is 0. The van der Waals surface area contributed by atoms with Gasteiger partial charge in [-0.15, -0.1) is 10.2 Å². The van der Waals surface area contributed by atoms with Crippen molar-refractivity contribution in [2.75, 3.05) is 0 Å². The molecule has 0 radical (unpaired) electrons. The molecule has 1 aliphatic carbocycles. The number of hydrogen-bond donors (Lipinski definition) is 1. The van der Waals surface area contributed by atoms with Gasteiger partial charge in [-0.05, 0) is 32.3 Å². The van der Waals surface area contributed by atoms with Crippen LogP contribution in [0.1, 0.15) is 44.0 Å². The highest BCUT2D eigenvalue weighted by molar-refractivity contribution is 5.29. The Morgan fingerprint density at radius 1 is 1.21 bits per heavy atom. The second kappa shape index (κ2) is 4.78. The van der Waals surface area contributed by atoms with Crippen molar-refractivity contribution >= 4 is 0 Å². The summed E-state index contributed by atoms with van der Waals surface area (Å²) in [5.41, 5.74) is 0.923. The molecule has 3 rings (SSSR count). The van der Waals surface area contributed by atoms with Crippen LogP contribution in [-0.2, 0) is 12.0 Å². The largest absolute Gasteiger partial charge is 0.423 e. The van der Waals surface area contributed by atoms with Gasteiger partial charge in [-0.2, -0.15) is 0 Å². The molecule has 100 valence electrons. The van der Waals surface area contributed by atoms with Gasteiger partial charge in [0.15, 0.2) is 0 Å². The summed E-state index contributed by atoms with van der Waals surface area (Å²) in [6.07, 6.45) is 2.52. The Hall–Kier alpha value is -1.68. The Bertz CT molecular complexity index is 544. The van der Waals surface area contributed by atoms with Crippen LogP contribution in [0.2, 0.25) is 0 Å². The molecule has 4 heteroatoms. The Morgan fingerprint density at radius 3 is 2.63 bits per heavy atom. The van der Waals surface area contributed by atoms with Gasteiger partial charge in [0.2, 0.25) is 11.8 Å². The zero-order valence-corrected chi connectivity index (χ0v) is 11.4. The maximum absolute atomic E-state index is 5.80. The molecule has 1 aromatic carbocycles. The van der Waals surface area contributed by atoms with E-state index < -0.39 is 0 Å². The normalized spacial score (nSPS) is 15.7. The number of benzene rings is 1. The van der Waals surface area contributed by atoms with E-state index in [9.17, 15) is 0 Å². The van der Waals surface area contributed by atoms with Crippen molar-refractivity contribution < 1.29 is 4.42 Å². The molecule has 1 saturated carbocycles. The second-order valence-electron chi connectivity index (χ2n) is 5.65. The summed E-state index contributed by atoms with van der Waals surface area (Å²) in [5, 5.41) is 11.7. The first-order chi connectivity index (χ1) is 9.16. The first-order valence-corrected chi connectivity index (χ1v) is 6.78. The standard InChI is InChI=1S/C15H19N3O/c1-15(2,11-6-4-3-5-7-11)14-18-17-13(19-14)10-16-12-8-9-12/h3-7,12,16H,8-10H2,1-2H3. The molecule has 4 nitrogen and oxygen atoms in total. The summed E-state index contributed by atoms with van der Waals surface area (Å²) < 4.78 is 5.80. The third-order valence-electron chi connectivity index (χ3n) is 3.62. The van der Waals surface area contributed by atoms with Crippen LogP contribution in [0.15, 0.2) is 34.7 Å². The van der Waals surface area contributed by atoms with E-state index >= 15 is 0 Å². The predicted molar refractivity (Wildman–Crippen MR) is 72.7 cm³/mol. The zero-order chi connectivity index (χ0) is 13.3. The molecule has 0 amide bonds. The molecule has 1 aliphatic rings. The average molecular weight is 257 g/mol. The van der Waals surface area contributed by atoms with Crippen molar-refractivity contribution in [3.63, 3.8) is 0 Å². The van der Waals surface area contributed by atoms with Crippen LogP contribution in [0.3, 0.4) is 0 Å². The van der Waals surface area contributed by atoms with Crippen molar-refractivity contribution in [1.29, 1.82) is 0 Å². The Morgan fingerprint density at radius 2 is 1.95 bits per heavy atom. The van der Waals surface area contributed by atoms with Gasteiger partial charge in [0.05, 0.1) is 12.0 Å². The maximum Gasteiger partial charge on any atom is 0.230 e. The molecule has 2 aromatic rings. The number of nitrogens with zero attached hydrogens (tertiary/aromatic N) is 2. The van der Waals surface area contributed by atoms with Crippen molar-refractivity contribution in [1.82, 2.24) is 15.5 Å². The van der Waals surface area contributed by atoms with E-state index in [-0.39, 0.29) is 5.41 Å². The minimum atomic E-state index is -0.258. The van der Waals surface area contributed by atoms with Crippen LogP contribution in [0.25, 0.3) is 0 Å². The monoisotopic (exact) mass is 257 g/mol. The highest BCUT2D eigenvalue weighted by Gasteiger charge is 2.29. The molecule has 19 heavy (non-hydrogen) atoms. The average Bonchev–Trinajstić information content (AvgIpc) is 3.13. The van der Waals surface area contributed by atoms with Crippen molar-refractivity contribution in [3.8, 4) is 0 Å². The summed E-state index contributed by atoms with van der Waals surface area (Å²) in [5.74, 6) is 1.34.